The van der Waals surface area contributed by atoms with Crippen molar-refractivity contribution in [1.82, 2.24) is 4.98 Å². The SMILES string of the molecule is CCc1ccc(/C=C/c2nc3ccc(OC)cc3s2)cc1[N+](=O)[O-]. The van der Waals surface area contributed by atoms with Gasteiger partial charge in [0.1, 0.15) is 10.8 Å². The Morgan fingerprint density at radius 2 is 2.08 bits per heavy atom. The lowest BCUT2D eigenvalue weighted by atomic mass is 10.1. The van der Waals surface area contributed by atoms with E-state index in [2.05, 4.69) is 4.98 Å². The predicted molar refractivity (Wildman–Crippen MR) is 97.6 cm³/mol. The van der Waals surface area contributed by atoms with Gasteiger partial charge in [-0.25, -0.2) is 4.98 Å². The second kappa shape index (κ2) is 6.80. The highest BCUT2D eigenvalue weighted by Crippen LogP contribution is 2.28. The molecule has 0 unspecified atom stereocenters. The summed E-state index contributed by atoms with van der Waals surface area (Å²) < 4.78 is 6.26. The number of nitrogens with zero attached hydrogens (tertiary/aromatic N) is 2. The molecule has 0 aliphatic carbocycles. The van der Waals surface area contributed by atoms with E-state index in [9.17, 15) is 10.1 Å². The van der Waals surface area contributed by atoms with Gasteiger partial charge < -0.3 is 4.74 Å². The molecular formula is C18H16N2O3S. The summed E-state index contributed by atoms with van der Waals surface area (Å²) in [6.07, 6.45) is 4.36. The summed E-state index contributed by atoms with van der Waals surface area (Å²) in [5, 5.41) is 12.0. The second-order valence-corrected chi connectivity index (χ2v) is 6.28. The van der Waals surface area contributed by atoms with Gasteiger partial charge in [-0.3, -0.25) is 10.1 Å². The summed E-state index contributed by atoms with van der Waals surface area (Å²) in [6.45, 7) is 1.91. The molecule has 0 radical (unpaired) electrons. The molecular weight excluding hydrogens is 324 g/mol. The van der Waals surface area contributed by atoms with Gasteiger partial charge in [-0.15, -0.1) is 11.3 Å². The molecule has 0 atom stereocenters. The zero-order chi connectivity index (χ0) is 17.1. The Morgan fingerprint density at radius 3 is 2.79 bits per heavy atom. The number of hydrogen-bond donors (Lipinski definition) is 0. The number of nitro benzene ring substituents is 1. The summed E-state index contributed by atoms with van der Waals surface area (Å²) in [5.74, 6) is 0.799. The molecule has 0 bridgehead atoms. The summed E-state index contributed by atoms with van der Waals surface area (Å²) in [7, 11) is 1.63. The fourth-order valence-electron chi connectivity index (χ4n) is 2.44. The lowest BCUT2D eigenvalue weighted by Gasteiger charge is -2.00. The number of aromatic nitrogens is 1. The highest BCUT2D eigenvalue weighted by Gasteiger charge is 2.12. The van der Waals surface area contributed by atoms with Gasteiger partial charge >= 0.3 is 0 Å². The monoisotopic (exact) mass is 340 g/mol. The maximum Gasteiger partial charge on any atom is 0.273 e. The Hall–Kier alpha value is -2.73. The molecule has 6 heteroatoms. The molecule has 2 aromatic carbocycles. The Morgan fingerprint density at radius 1 is 1.25 bits per heavy atom. The fourth-order valence-corrected chi connectivity index (χ4v) is 3.34. The van der Waals surface area contributed by atoms with Crippen molar-refractivity contribution in [3.63, 3.8) is 0 Å². The average molecular weight is 340 g/mol. The van der Waals surface area contributed by atoms with Gasteiger partial charge in [0.05, 0.1) is 22.2 Å². The van der Waals surface area contributed by atoms with Gasteiger partial charge in [0.2, 0.25) is 0 Å². The van der Waals surface area contributed by atoms with E-state index >= 15 is 0 Å². The summed E-state index contributed by atoms with van der Waals surface area (Å²) in [6, 6.07) is 11.0. The third kappa shape index (κ3) is 3.28. The van der Waals surface area contributed by atoms with Gasteiger partial charge in [0.25, 0.3) is 5.69 Å². The zero-order valence-electron chi connectivity index (χ0n) is 13.4. The molecule has 3 aromatic rings. The zero-order valence-corrected chi connectivity index (χ0v) is 14.2. The highest BCUT2D eigenvalue weighted by atomic mass is 32.1. The third-order valence-electron chi connectivity index (χ3n) is 3.72. The Balaban J connectivity index is 1.90. The number of fused-ring (bicyclic) bond motifs is 1. The fraction of sp³-hybridized carbons (Fsp3) is 0.167. The molecule has 0 saturated heterocycles. The minimum Gasteiger partial charge on any atom is -0.497 e. The normalized spacial score (nSPS) is 11.2. The van der Waals surface area contributed by atoms with E-state index in [0.717, 1.165) is 32.1 Å². The lowest BCUT2D eigenvalue weighted by molar-refractivity contribution is -0.385. The lowest BCUT2D eigenvalue weighted by Crippen LogP contribution is -1.94. The van der Waals surface area contributed by atoms with Crippen molar-refractivity contribution in [2.75, 3.05) is 7.11 Å². The number of aryl methyl sites for hydroxylation is 1. The molecule has 0 fully saturated rings. The maximum absolute atomic E-state index is 11.1. The van der Waals surface area contributed by atoms with Crippen LogP contribution < -0.4 is 4.74 Å². The third-order valence-corrected chi connectivity index (χ3v) is 4.70. The number of benzene rings is 2. The number of nitro groups is 1. The molecule has 0 saturated carbocycles. The van der Waals surface area contributed by atoms with Crippen molar-refractivity contribution in [2.45, 2.75) is 13.3 Å². The number of methoxy groups -OCH3 is 1. The molecule has 1 aromatic heterocycles. The molecule has 5 nitrogen and oxygen atoms in total. The first kappa shape index (κ1) is 16.1. The van der Waals surface area contributed by atoms with Crippen molar-refractivity contribution >= 4 is 39.4 Å². The molecule has 3 rings (SSSR count). The molecule has 0 aliphatic rings. The first-order valence-electron chi connectivity index (χ1n) is 7.50. The van der Waals surface area contributed by atoms with E-state index in [1.54, 1.807) is 30.6 Å². The first-order chi connectivity index (χ1) is 11.6. The van der Waals surface area contributed by atoms with Crippen LogP contribution in [0.4, 0.5) is 5.69 Å². The van der Waals surface area contributed by atoms with E-state index < -0.39 is 0 Å². The smallest absolute Gasteiger partial charge is 0.273 e. The topological polar surface area (TPSA) is 65.3 Å². The molecule has 0 aliphatic heterocycles. The number of ether oxygens (including phenoxy) is 1. The predicted octanol–water partition coefficient (Wildman–Crippen LogP) is 4.95. The second-order valence-electron chi connectivity index (χ2n) is 5.22. The molecule has 0 spiro atoms. The standard InChI is InChI=1S/C18H16N2O3S/c1-3-13-6-4-12(10-16(13)20(21)22)5-9-18-19-15-8-7-14(23-2)11-17(15)24-18/h4-11H,3H2,1-2H3/b9-5+. The van der Waals surface area contributed by atoms with Gasteiger partial charge in [-0.05, 0) is 36.3 Å². The summed E-state index contributed by atoms with van der Waals surface area (Å²) >= 11 is 1.55. The van der Waals surface area contributed by atoms with Crippen LogP contribution in [0.5, 0.6) is 5.75 Å². The Labute approximate surface area is 143 Å². The van der Waals surface area contributed by atoms with Crippen LogP contribution in [-0.4, -0.2) is 17.0 Å². The van der Waals surface area contributed by atoms with Crippen LogP contribution in [0, 0.1) is 10.1 Å². The van der Waals surface area contributed by atoms with Crippen LogP contribution in [0.3, 0.4) is 0 Å². The number of thiazole rings is 1. The quantitative estimate of drug-likeness (QED) is 0.487. The van der Waals surface area contributed by atoms with Crippen LogP contribution in [0.15, 0.2) is 36.4 Å². The van der Waals surface area contributed by atoms with Crippen LogP contribution in [0.2, 0.25) is 0 Å². The Bertz CT molecular complexity index is 931. The van der Waals surface area contributed by atoms with Gasteiger partial charge in [-0.2, -0.15) is 0 Å². The van der Waals surface area contributed by atoms with E-state index in [1.165, 1.54) is 0 Å². The van der Waals surface area contributed by atoms with Crippen molar-refractivity contribution in [3.8, 4) is 5.75 Å². The number of hydrogen-bond acceptors (Lipinski definition) is 5. The van der Waals surface area contributed by atoms with E-state index in [0.29, 0.717) is 6.42 Å². The van der Waals surface area contributed by atoms with Gasteiger partial charge in [0.15, 0.2) is 0 Å². The van der Waals surface area contributed by atoms with Crippen LogP contribution in [0.25, 0.3) is 22.4 Å². The molecule has 122 valence electrons. The van der Waals surface area contributed by atoms with Crippen molar-refractivity contribution in [2.24, 2.45) is 0 Å². The molecule has 0 amide bonds. The summed E-state index contributed by atoms with van der Waals surface area (Å²) in [4.78, 5) is 15.3. The average Bonchev–Trinajstić information content (AvgIpc) is 3.01. The number of rotatable bonds is 5. The van der Waals surface area contributed by atoms with Crippen molar-refractivity contribution in [1.29, 1.82) is 0 Å². The van der Waals surface area contributed by atoms with Crippen LogP contribution >= 0.6 is 11.3 Å². The highest BCUT2D eigenvalue weighted by molar-refractivity contribution is 7.19. The van der Waals surface area contributed by atoms with E-state index in [1.807, 2.05) is 43.3 Å². The molecule has 1 heterocycles. The van der Waals surface area contributed by atoms with E-state index in [-0.39, 0.29) is 10.6 Å². The largest absolute Gasteiger partial charge is 0.497 e. The van der Waals surface area contributed by atoms with Crippen molar-refractivity contribution < 1.29 is 9.66 Å². The minimum absolute atomic E-state index is 0.161. The minimum atomic E-state index is -0.333. The summed E-state index contributed by atoms with van der Waals surface area (Å²) in [5.41, 5.74) is 2.60. The maximum atomic E-state index is 11.1. The molecule has 24 heavy (non-hydrogen) atoms. The molecule has 0 N–H and O–H groups in total. The van der Waals surface area contributed by atoms with Crippen LogP contribution in [-0.2, 0) is 6.42 Å². The van der Waals surface area contributed by atoms with Gasteiger partial charge in [-0.1, -0.05) is 25.1 Å². The first-order valence-corrected chi connectivity index (χ1v) is 8.32. The Kier molecular flexibility index (Phi) is 4.57. The van der Waals surface area contributed by atoms with Crippen molar-refractivity contribution in [3.05, 3.63) is 62.6 Å². The van der Waals surface area contributed by atoms with Gasteiger partial charge in [0, 0.05) is 11.6 Å². The van der Waals surface area contributed by atoms with Crippen LogP contribution in [0.1, 0.15) is 23.1 Å². The van der Waals surface area contributed by atoms with E-state index in [4.69, 9.17) is 4.74 Å².